The molecule has 0 fully saturated rings. The summed E-state index contributed by atoms with van der Waals surface area (Å²) < 4.78 is 1.77. The lowest BCUT2D eigenvalue weighted by Gasteiger charge is -2.05. The lowest BCUT2D eigenvalue weighted by atomic mass is 10.3. The van der Waals surface area contributed by atoms with Crippen molar-refractivity contribution in [1.29, 1.82) is 0 Å². The van der Waals surface area contributed by atoms with E-state index in [0.29, 0.717) is 12.1 Å². The van der Waals surface area contributed by atoms with E-state index in [9.17, 15) is 4.79 Å². The summed E-state index contributed by atoms with van der Waals surface area (Å²) in [5.41, 5.74) is 7.25. The van der Waals surface area contributed by atoms with E-state index in [4.69, 9.17) is 10.8 Å². The Hall–Kier alpha value is -1.27. The molecule has 90 valence electrons. The molecule has 3 N–H and O–H groups in total. The van der Waals surface area contributed by atoms with Crippen molar-refractivity contribution < 1.29 is 9.90 Å². The topological polar surface area (TPSA) is 76.2 Å². The van der Waals surface area contributed by atoms with E-state index in [1.54, 1.807) is 6.07 Å². The maximum Gasteiger partial charge on any atom is 0.317 e. The number of fused-ring (bicyclic) bond motifs is 1. The number of aromatic nitrogens is 1. The number of nitrogen functional groups attached to an aromatic ring is 1. The van der Waals surface area contributed by atoms with Crippen LogP contribution in [0.15, 0.2) is 22.5 Å². The van der Waals surface area contributed by atoms with Gasteiger partial charge in [0, 0.05) is 5.69 Å². The van der Waals surface area contributed by atoms with Crippen LogP contribution in [0, 0.1) is 0 Å². The molecule has 6 heteroatoms. The van der Waals surface area contributed by atoms with Crippen LogP contribution in [0.5, 0.6) is 0 Å². The molecule has 17 heavy (non-hydrogen) atoms. The number of thiazole rings is 1. The molecule has 1 atom stereocenters. The molecule has 0 aliphatic heterocycles. The molecule has 1 aromatic carbocycles. The van der Waals surface area contributed by atoms with Crippen LogP contribution in [-0.4, -0.2) is 21.3 Å². The van der Waals surface area contributed by atoms with E-state index in [2.05, 4.69) is 4.98 Å². The molecule has 0 saturated heterocycles. The Labute approximate surface area is 107 Å². The van der Waals surface area contributed by atoms with Crippen LogP contribution in [0.1, 0.15) is 13.3 Å². The van der Waals surface area contributed by atoms with Crippen molar-refractivity contribution in [2.45, 2.75) is 22.9 Å². The number of carbonyl (C=O) groups is 1. The van der Waals surface area contributed by atoms with Gasteiger partial charge in [-0.2, -0.15) is 0 Å². The van der Waals surface area contributed by atoms with Gasteiger partial charge in [-0.25, -0.2) is 4.98 Å². The number of anilines is 1. The number of hydrogen-bond donors (Lipinski definition) is 2. The van der Waals surface area contributed by atoms with Crippen LogP contribution in [0.3, 0.4) is 0 Å². The summed E-state index contributed by atoms with van der Waals surface area (Å²) in [6.07, 6.45) is 0.581. The van der Waals surface area contributed by atoms with Crippen LogP contribution < -0.4 is 5.73 Å². The van der Waals surface area contributed by atoms with E-state index in [1.165, 1.54) is 23.1 Å². The summed E-state index contributed by atoms with van der Waals surface area (Å²) in [6, 6.07) is 5.51. The van der Waals surface area contributed by atoms with Crippen molar-refractivity contribution in [2.75, 3.05) is 5.73 Å². The maximum atomic E-state index is 10.9. The average molecular weight is 268 g/mol. The van der Waals surface area contributed by atoms with Gasteiger partial charge in [0.15, 0.2) is 4.34 Å². The van der Waals surface area contributed by atoms with Gasteiger partial charge in [0.2, 0.25) is 0 Å². The van der Waals surface area contributed by atoms with Gasteiger partial charge in [-0.3, -0.25) is 4.79 Å². The predicted octanol–water partition coefficient (Wildman–Crippen LogP) is 2.83. The fourth-order valence-corrected chi connectivity index (χ4v) is 3.62. The summed E-state index contributed by atoms with van der Waals surface area (Å²) in [7, 11) is 0. The minimum atomic E-state index is -0.795. The summed E-state index contributed by atoms with van der Waals surface area (Å²) >= 11 is 2.78. The highest BCUT2D eigenvalue weighted by atomic mass is 32.2. The van der Waals surface area contributed by atoms with Crippen LogP contribution >= 0.6 is 23.1 Å². The van der Waals surface area contributed by atoms with Gasteiger partial charge in [-0.05, 0) is 24.6 Å². The Morgan fingerprint density at radius 3 is 3.06 bits per heavy atom. The normalized spacial score (nSPS) is 12.8. The van der Waals surface area contributed by atoms with Gasteiger partial charge in [-0.15, -0.1) is 11.3 Å². The minimum absolute atomic E-state index is 0.437. The Bertz CT molecular complexity index is 553. The molecular weight excluding hydrogens is 256 g/mol. The minimum Gasteiger partial charge on any atom is -0.480 e. The first kappa shape index (κ1) is 12.2. The Balaban J connectivity index is 2.27. The quantitative estimate of drug-likeness (QED) is 0.658. The monoisotopic (exact) mass is 268 g/mol. The Morgan fingerprint density at radius 2 is 2.41 bits per heavy atom. The highest BCUT2D eigenvalue weighted by molar-refractivity contribution is 8.02. The second kappa shape index (κ2) is 4.93. The van der Waals surface area contributed by atoms with Crippen LogP contribution in [-0.2, 0) is 4.79 Å². The van der Waals surface area contributed by atoms with Gasteiger partial charge in [0.1, 0.15) is 5.25 Å². The second-order valence-corrected chi connectivity index (χ2v) is 6.04. The molecule has 1 aromatic heterocycles. The zero-order chi connectivity index (χ0) is 12.4. The van der Waals surface area contributed by atoms with Crippen LogP contribution in [0.25, 0.3) is 10.2 Å². The molecule has 2 rings (SSSR count). The molecule has 4 nitrogen and oxygen atoms in total. The molecule has 0 bridgehead atoms. The summed E-state index contributed by atoms with van der Waals surface area (Å²) in [5, 5.41) is 8.55. The van der Waals surface area contributed by atoms with Gasteiger partial charge in [-0.1, -0.05) is 18.7 Å². The van der Waals surface area contributed by atoms with Crippen molar-refractivity contribution in [3.8, 4) is 0 Å². The molecule has 1 unspecified atom stereocenters. The third-order valence-electron chi connectivity index (χ3n) is 2.28. The molecule has 1 heterocycles. The zero-order valence-corrected chi connectivity index (χ0v) is 10.8. The molecule has 0 radical (unpaired) electrons. The molecule has 0 saturated carbocycles. The number of aliphatic carboxylic acids is 1. The number of benzene rings is 1. The van der Waals surface area contributed by atoms with Crippen LogP contribution in [0.4, 0.5) is 5.69 Å². The van der Waals surface area contributed by atoms with Crippen molar-refractivity contribution in [3.63, 3.8) is 0 Å². The number of thioether (sulfide) groups is 1. The number of rotatable bonds is 4. The molecule has 0 aliphatic rings. The first-order chi connectivity index (χ1) is 8.10. The van der Waals surface area contributed by atoms with Crippen LogP contribution in [0.2, 0.25) is 0 Å². The van der Waals surface area contributed by atoms with Crippen molar-refractivity contribution in [3.05, 3.63) is 18.2 Å². The SMILES string of the molecule is CCC(Sc1nc2ccc(N)cc2s1)C(=O)O. The third kappa shape index (κ3) is 2.70. The highest BCUT2D eigenvalue weighted by Crippen LogP contribution is 2.33. The summed E-state index contributed by atoms with van der Waals surface area (Å²) in [4.78, 5) is 15.3. The lowest BCUT2D eigenvalue weighted by molar-refractivity contribution is -0.136. The molecule has 2 aromatic rings. The van der Waals surface area contributed by atoms with E-state index in [0.717, 1.165) is 14.6 Å². The van der Waals surface area contributed by atoms with Crippen molar-refractivity contribution in [2.24, 2.45) is 0 Å². The second-order valence-electron chi connectivity index (χ2n) is 3.56. The molecule has 0 amide bonds. The Kier molecular flexibility index (Phi) is 3.54. The average Bonchev–Trinajstić information content (AvgIpc) is 2.66. The largest absolute Gasteiger partial charge is 0.480 e. The number of hydrogen-bond acceptors (Lipinski definition) is 5. The van der Waals surface area contributed by atoms with Gasteiger partial charge >= 0.3 is 5.97 Å². The first-order valence-corrected chi connectivity index (χ1v) is 6.85. The highest BCUT2D eigenvalue weighted by Gasteiger charge is 2.18. The van der Waals surface area contributed by atoms with Gasteiger partial charge in [0.25, 0.3) is 0 Å². The van der Waals surface area contributed by atoms with E-state index >= 15 is 0 Å². The Morgan fingerprint density at radius 1 is 1.65 bits per heavy atom. The number of carboxylic acid groups (broad SMARTS) is 1. The zero-order valence-electron chi connectivity index (χ0n) is 9.21. The standard InChI is InChI=1S/C11H12N2O2S2/c1-2-8(10(14)15)16-11-13-7-4-3-6(12)5-9(7)17-11/h3-5,8H,2,12H2,1H3,(H,14,15). The first-order valence-electron chi connectivity index (χ1n) is 5.15. The molecule has 0 spiro atoms. The fraction of sp³-hybridized carbons (Fsp3) is 0.273. The predicted molar refractivity (Wildman–Crippen MR) is 71.6 cm³/mol. The molecular formula is C11H12N2O2S2. The fourth-order valence-electron chi connectivity index (χ4n) is 1.40. The van der Waals surface area contributed by atoms with Crippen molar-refractivity contribution >= 4 is 45.0 Å². The van der Waals surface area contributed by atoms with E-state index < -0.39 is 11.2 Å². The number of nitrogens with zero attached hydrogens (tertiary/aromatic N) is 1. The molecule has 0 aliphatic carbocycles. The van der Waals surface area contributed by atoms with E-state index in [1.807, 2.05) is 19.1 Å². The lowest BCUT2D eigenvalue weighted by Crippen LogP contribution is -2.14. The van der Waals surface area contributed by atoms with Gasteiger partial charge < -0.3 is 10.8 Å². The number of carboxylic acids is 1. The third-order valence-corrected chi connectivity index (χ3v) is 4.75. The maximum absolute atomic E-state index is 10.9. The summed E-state index contributed by atoms with van der Waals surface area (Å²) in [6.45, 7) is 1.86. The van der Waals surface area contributed by atoms with Crippen molar-refractivity contribution in [1.82, 2.24) is 4.98 Å². The van der Waals surface area contributed by atoms with Gasteiger partial charge in [0.05, 0.1) is 10.2 Å². The summed E-state index contributed by atoms with van der Waals surface area (Å²) in [5.74, 6) is -0.795. The van der Waals surface area contributed by atoms with E-state index in [-0.39, 0.29) is 0 Å². The smallest absolute Gasteiger partial charge is 0.317 e. The number of nitrogens with two attached hydrogens (primary N) is 1.